The van der Waals surface area contributed by atoms with Crippen LogP contribution in [0.25, 0.3) is 0 Å². The van der Waals surface area contributed by atoms with Crippen molar-refractivity contribution in [2.45, 2.75) is 0 Å². The van der Waals surface area contributed by atoms with Crippen LogP contribution >= 0.6 is 0 Å². The van der Waals surface area contributed by atoms with E-state index in [0.717, 1.165) is 0 Å². The van der Waals surface area contributed by atoms with E-state index in [2.05, 4.69) is 15.2 Å². The lowest BCUT2D eigenvalue weighted by Crippen LogP contribution is -1.81. The second kappa shape index (κ2) is 4.50. The summed E-state index contributed by atoms with van der Waals surface area (Å²) < 4.78 is 0. The maximum atomic E-state index is 8.36. The van der Waals surface area contributed by atoms with Gasteiger partial charge in [0.15, 0.2) is 0 Å². The summed E-state index contributed by atoms with van der Waals surface area (Å²) in [4.78, 5) is 11.9. The van der Waals surface area contributed by atoms with Gasteiger partial charge in [-0.2, -0.15) is 5.10 Å². The van der Waals surface area contributed by atoms with Gasteiger partial charge < -0.3 is 5.21 Å². The van der Waals surface area contributed by atoms with E-state index in [4.69, 9.17) is 15.3 Å². The quantitative estimate of drug-likeness (QED) is 0.364. The van der Waals surface area contributed by atoms with Crippen LogP contribution in [0.1, 0.15) is 0 Å². The molecule has 0 saturated carbocycles. The normalized spacial score (nSPS) is 7.11. The number of rotatable bonds is 0. The molecule has 1 aromatic rings. The molecule has 0 aliphatic rings. The summed E-state index contributed by atoms with van der Waals surface area (Å²) in [7, 11) is 0. The molecule has 0 bridgehead atoms. The summed E-state index contributed by atoms with van der Waals surface area (Å²) in [5, 5.41) is 19.6. The van der Waals surface area contributed by atoms with E-state index in [-0.39, 0.29) is 0 Å². The van der Waals surface area contributed by atoms with Gasteiger partial charge in [-0.15, -0.1) is 10.1 Å². The molecule has 0 atom stereocenters. The maximum absolute atomic E-state index is 8.36. The van der Waals surface area contributed by atoms with Crippen molar-refractivity contribution in [3.05, 3.63) is 22.8 Å². The summed E-state index contributed by atoms with van der Waals surface area (Å²) in [6, 6.07) is 0. The summed E-state index contributed by atoms with van der Waals surface area (Å²) in [6.45, 7) is 0. The molecule has 7 nitrogen and oxygen atoms in total. The van der Waals surface area contributed by atoms with Crippen LogP contribution in [-0.2, 0) is 0 Å². The van der Waals surface area contributed by atoms with Crippen LogP contribution in [0, 0.1) is 10.1 Å². The van der Waals surface area contributed by atoms with Gasteiger partial charge in [0, 0.05) is 0 Å². The number of H-pyrrole nitrogens is 1. The lowest BCUT2D eigenvalue weighted by Gasteiger charge is -1.56. The van der Waals surface area contributed by atoms with Crippen molar-refractivity contribution >= 4 is 0 Å². The Balaban J connectivity index is 0.000000148. The average molecular weight is 132 g/mol. The molecule has 9 heavy (non-hydrogen) atoms. The third-order valence-electron chi connectivity index (χ3n) is 0.331. The minimum absolute atomic E-state index is 1.44. The third-order valence-corrected chi connectivity index (χ3v) is 0.331. The van der Waals surface area contributed by atoms with Crippen molar-refractivity contribution in [2.24, 2.45) is 0 Å². The first-order chi connectivity index (χ1) is 4.23. The fraction of sp³-hybridized carbons (Fsp3) is 0. The first-order valence-electron chi connectivity index (χ1n) is 1.85. The minimum atomic E-state index is -1.50. The number of aromatic nitrogens is 3. The van der Waals surface area contributed by atoms with Gasteiger partial charge in [0.2, 0.25) is 0 Å². The largest absolute Gasteiger partial charge is 0.328 e. The van der Waals surface area contributed by atoms with E-state index in [1.54, 1.807) is 0 Å². The minimum Gasteiger partial charge on any atom is -0.328 e. The van der Waals surface area contributed by atoms with Crippen molar-refractivity contribution in [3.63, 3.8) is 0 Å². The van der Waals surface area contributed by atoms with E-state index < -0.39 is 5.09 Å². The Morgan fingerprint density at radius 1 is 1.78 bits per heavy atom. The predicted octanol–water partition coefficient (Wildman–Crippen LogP) is -0.543. The molecule has 0 spiro atoms. The van der Waals surface area contributed by atoms with Gasteiger partial charge in [0.1, 0.15) is 12.7 Å². The van der Waals surface area contributed by atoms with Gasteiger partial charge in [-0.1, -0.05) is 0 Å². The van der Waals surface area contributed by atoms with Crippen LogP contribution in [0.2, 0.25) is 0 Å². The predicted molar refractivity (Wildman–Crippen MR) is 25.2 cm³/mol. The van der Waals surface area contributed by atoms with Gasteiger partial charge in [0.25, 0.3) is 5.09 Å². The molecule has 0 aliphatic heterocycles. The molecule has 0 fully saturated rings. The van der Waals surface area contributed by atoms with E-state index in [1.165, 1.54) is 12.7 Å². The summed E-state index contributed by atoms with van der Waals surface area (Å²) in [5.41, 5.74) is 0. The lowest BCUT2D eigenvalue weighted by molar-refractivity contribution is -0.742. The topological polar surface area (TPSA) is 105 Å². The van der Waals surface area contributed by atoms with Crippen LogP contribution in [0.5, 0.6) is 0 Å². The molecule has 0 radical (unpaired) electrons. The zero-order chi connectivity index (χ0) is 7.11. The molecular formula is C2H4N4O3. The summed E-state index contributed by atoms with van der Waals surface area (Å²) in [5.74, 6) is 0. The zero-order valence-electron chi connectivity index (χ0n) is 4.26. The van der Waals surface area contributed by atoms with Gasteiger partial charge in [-0.3, -0.25) is 5.10 Å². The number of hydrogen-bond acceptors (Lipinski definition) is 4. The van der Waals surface area contributed by atoms with Crippen molar-refractivity contribution < 1.29 is 10.3 Å². The Bertz CT molecular complexity index is 128. The highest BCUT2D eigenvalue weighted by molar-refractivity contribution is 4.43. The molecule has 1 heterocycles. The highest BCUT2D eigenvalue weighted by Crippen LogP contribution is 1.53. The Kier molecular flexibility index (Phi) is 3.67. The SMILES string of the molecule is O=[N+]([O-])O.c1nc[nH]n1. The Morgan fingerprint density at radius 3 is 2.44 bits per heavy atom. The van der Waals surface area contributed by atoms with Gasteiger partial charge in [-0.25, -0.2) is 4.98 Å². The van der Waals surface area contributed by atoms with Crippen LogP contribution < -0.4 is 0 Å². The van der Waals surface area contributed by atoms with Crippen LogP contribution in [-0.4, -0.2) is 25.5 Å². The van der Waals surface area contributed by atoms with Gasteiger partial charge in [-0.05, 0) is 0 Å². The number of nitrogens with one attached hydrogen (secondary N) is 1. The molecule has 50 valence electrons. The fourth-order valence-electron chi connectivity index (χ4n) is 0.167. The third kappa shape index (κ3) is 10.7. The Labute approximate surface area is 49.5 Å². The molecule has 0 saturated heterocycles. The molecule has 0 amide bonds. The summed E-state index contributed by atoms with van der Waals surface area (Å²) in [6.07, 6.45) is 2.96. The van der Waals surface area contributed by atoms with Crippen LogP contribution in [0.3, 0.4) is 0 Å². The zero-order valence-corrected chi connectivity index (χ0v) is 4.26. The lowest BCUT2D eigenvalue weighted by atomic mass is 11.3. The first kappa shape index (κ1) is 7.34. The van der Waals surface area contributed by atoms with E-state index in [9.17, 15) is 0 Å². The molecule has 1 aromatic heterocycles. The maximum Gasteiger partial charge on any atom is 0.291 e. The van der Waals surface area contributed by atoms with Gasteiger partial charge in [0.05, 0.1) is 0 Å². The average Bonchev–Trinajstić information content (AvgIpc) is 2.11. The standard InChI is InChI=1S/C2H3N3.HNO3/c1-3-2-5-4-1;2-1(3)4/h1-2H,(H,3,4,5);(H,2,3,4). The van der Waals surface area contributed by atoms with Crippen molar-refractivity contribution in [3.8, 4) is 0 Å². The highest BCUT2D eigenvalue weighted by atomic mass is 16.9. The molecule has 0 aliphatic carbocycles. The first-order valence-corrected chi connectivity index (χ1v) is 1.85. The number of nitrogens with zero attached hydrogens (tertiary/aromatic N) is 3. The molecule has 0 aromatic carbocycles. The van der Waals surface area contributed by atoms with Crippen LogP contribution in [0.4, 0.5) is 0 Å². The van der Waals surface area contributed by atoms with Crippen LogP contribution in [0.15, 0.2) is 12.7 Å². The smallest absolute Gasteiger partial charge is 0.291 e. The van der Waals surface area contributed by atoms with Crippen molar-refractivity contribution in [2.75, 3.05) is 0 Å². The van der Waals surface area contributed by atoms with Crippen molar-refractivity contribution in [1.29, 1.82) is 0 Å². The van der Waals surface area contributed by atoms with Gasteiger partial charge >= 0.3 is 0 Å². The Hall–Kier alpha value is -1.66. The van der Waals surface area contributed by atoms with E-state index in [1.807, 2.05) is 0 Å². The molecule has 7 heteroatoms. The van der Waals surface area contributed by atoms with Crippen molar-refractivity contribution in [1.82, 2.24) is 15.2 Å². The molecule has 0 unspecified atom stereocenters. The second-order valence-electron chi connectivity index (χ2n) is 0.890. The fourth-order valence-corrected chi connectivity index (χ4v) is 0.167. The molecular weight excluding hydrogens is 128 g/mol. The Morgan fingerprint density at radius 2 is 2.33 bits per heavy atom. The summed E-state index contributed by atoms with van der Waals surface area (Å²) >= 11 is 0. The van der Waals surface area contributed by atoms with E-state index >= 15 is 0 Å². The van der Waals surface area contributed by atoms with E-state index in [0.29, 0.717) is 0 Å². The second-order valence-corrected chi connectivity index (χ2v) is 0.890. The molecule has 1 rings (SSSR count). The molecule has 2 N–H and O–H groups in total. The monoisotopic (exact) mass is 132 g/mol. The highest BCUT2D eigenvalue weighted by Gasteiger charge is 1.65. The number of aromatic amines is 1. The number of hydrogen-bond donors (Lipinski definition) is 2.